The number of hydrogen-bond donors (Lipinski definition) is 2. The van der Waals surface area contributed by atoms with Crippen molar-refractivity contribution in [3.8, 4) is 5.82 Å². The van der Waals surface area contributed by atoms with E-state index in [1.54, 1.807) is 0 Å². The van der Waals surface area contributed by atoms with Crippen molar-refractivity contribution >= 4 is 39.6 Å². The predicted molar refractivity (Wildman–Crippen MR) is 145 cm³/mol. The summed E-state index contributed by atoms with van der Waals surface area (Å²) in [6.07, 6.45) is 2.25. The minimum atomic E-state index is -0.0279. The molecule has 0 aliphatic rings. The van der Waals surface area contributed by atoms with E-state index < -0.39 is 0 Å². The third-order valence-corrected chi connectivity index (χ3v) is 6.40. The monoisotopic (exact) mass is 487 g/mol. The number of aromatic nitrogens is 5. The molecule has 3 aromatic heterocycles. The van der Waals surface area contributed by atoms with Crippen molar-refractivity contribution in [2.24, 2.45) is 7.05 Å². The van der Waals surface area contributed by atoms with Gasteiger partial charge in [0.05, 0.1) is 23.0 Å². The van der Waals surface area contributed by atoms with Gasteiger partial charge < -0.3 is 15.2 Å². The molecular weight excluding hydrogens is 462 g/mol. The molecule has 37 heavy (non-hydrogen) atoms. The van der Waals surface area contributed by atoms with Gasteiger partial charge in [0.1, 0.15) is 0 Å². The lowest BCUT2D eigenvalue weighted by atomic mass is 10.1. The molecule has 0 aliphatic carbocycles. The molecule has 0 saturated heterocycles. The van der Waals surface area contributed by atoms with Gasteiger partial charge in [-0.25, -0.2) is 4.98 Å². The summed E-state index contributed by atoms with van der Waals surface area (Å²) in [6.45, 7) is 0.504. The van der Waals surface area contributed by atoms with Crippen molar-refractivity contribution in [3.63, 3.8) is 0 Å². The van der Waals surface area contributed by atoms with Gasteiger partial charge in [0.15, 0.2) is 11.6 Å². The molecular formula is C29H25N7O. The molecule has 8 nitrogen and oxygen atoms in total. The fourth-order valence-electron chi connectivity index (χ4n) is 4.50. The molecule has 6 aromatic rings. The third kappa shape index (κ3) is 4.52. The van der Waals surface area contributed by atoms with E-state index in [0.717, 1.165) is 33.1 Å². The zero-order valence-corrected chi connectivity index (χ0v) is 20.3. The average molecular weight is 488 g/mol. The van der Waals surface area contributed by atoms with Crippen molar-refractivity contribution in [2.45, 2.75) is 13.0 Å². The first-order valence-electron chi connectivity index (χ1n) is 12.1. The zero-order chi connectivity index (χ0) is 25.2. The minimum Gasteiger partial charge on any atom is -0.352 e. The van der Waals surface area contributed by atoms with Crippen LogP contribution < -0.4 is 10.6 Å². The Morgan fingerprint density at radius 1 is 0.838 bits per heavy atom. The summed E-state index contributed by atoms with van der Waals surface area (Å²) in [5, 5.41) is 16.1. The summed E-state index contributed by atoms with van der Waals surface area (Å²) >= 11 is 0. The minimum absolute atomic E-state index is 0.0279. The van der Waals surface area contributed by atoms with E-state index in [2.05, 4.69) is 25.8 Å². The number of aryl methyl sites for hydroxylation is 1. The SMILES string of the molecule is Cn1c(Nc2ccc(-n3cc(CC(=O)NCc4ccccc4)c4ccccc43)nn2)nc2ccccc21. The highest BCUT2D eigenvalue weighted by Gasteiger charge is 2.14. The number of carbonyl (C=O) groups is 1. The first-order chi connectivity index (χ1) is 18.2. The topological polar surface area (TPSA) is 89.7 Å². The van der Waals surface area contributed by atoms with Gasteiger partial charge in [-0.15, -0.1) is 10.2 Å². The number of imidazole rings is 1. The number of carbonyl (C=O) groups excluding carboxylic acids is 1. The first kappa shape index (κ1) is 22.5. The van der Waals surface area contributed by atoms with E-state index in [0.29, 0.717) is 24.1 Å². The largest absolute Gasteiger partial charge is 0.352 e. The molecule has 0 atom stereocenters. The second-order valence-electron chi connectivity index (χ2n) is 8.87. The molecule has 8 heteroatoms. The average Bonchev–Trinajstić information content (AvgIpc) is 3.46. The van der Waals surface area contributed by atoms with Gasteiger partial charge in [-0.2, -0.15) is 0 Å². The number of anilines is 2. The highest BCUT2D eigenvalue weighted by atomic mass is 16.1. The Morgan fingerprint density at radius 3 is 2.38 bits per heavy atom. The van der Waals surface area contributed by atoms with Gasteiger partial charge in [-0.3, -0.25) is 9.36 Å². The maximum atomic E-state index is 12.7. The van der Waals surface area contributed by atoms with Crippen molar-refractivity contribution < 1.29 is 4.79 Å². The Balaban J connectivity index is 1.22. The Bertz CT molecular complexity index is 1700. The van der Waals surface area contributed by atoms with E-state index in [1.165, 1.54) is 0 Å². The summed E-state index contributed by atoms with van der Waals surface area (Å²) in [6, 6.07) is 29.7. The van der Waals surface area contributed by atoms with Crippen LogP contribution in [0.2, 0.25) is 0 Å². The van der Waals surface area contributed by atoms with Crippen LogP contribution in [-0.4, -0.2) is 30.2 Å². The molecule has 0 saturated carbocycles. The number of amides is 1. The van der Waals surface area contributed by atoms with Gasteiger partial charge in [0.25, 0.3) is 0 Å². The summed E-state index contributed by atoms with van der Waals surface area (Å²) in [7, 11) is 1.96. The quantitative estimate of drug-likeness (QED) is 0.334. The Hall–Kier alpha value is -4.98. The van der Waals surface area contributed by atoms with Crippen LogP contribution in [0.25, 0.3) is 27.8 Å². The van der Waals surface area contributed by atoms with E-state index in [-0.39, 0.29) is 12.3 Å². The first-order valence-corrected chi connectivity index (χ1v) is 12.1. The molecule has 0 aliphatic heterocycles. The highest BCUT2D eigenvalue weighted by molar-refractivity contribution is 5.90. The maximum Gasteiger partial charge on any atom is 0.224 e. The second-order valence-corrected chi connectivity index (χ2v) is 8.87. The van der Waals surface area contributed by atoms with E-state index in [4.69, 9.17) is 0 Å². The second kappa shape index (κ2) is 9.58. The molecule has 2 N–H and O–H groups in total. The van der Waals surface area contributed by atoms with Gasteiger partial charge in [-0.1, -0.05) is 60.7 Å². The molecule has 0 radical (unpaired) electrons. The van der Waals surface area contributed by atoms with Crippen molar-refractivity contribution in [3.05, 3.63) is 108 Å². The fourth-order valence-corrected chi connectivity index (χ4v) is 4.50. The van der Waals surface area contributed by atoms with Crippen LogP contribution in [0.4, 0.5) is 11.8 Å². The van der Waals surface area contributed by atoms with Crippen molar-refractivity contribution in [2.75, 3.05) is 5.32 Å². The number of para-hydroxylation sites is 3. The molecule has 3 aromatic carbocycles. The van der Waals surface area contributed by atoms with Gasteiger partial charge in [0.2, 0.25) is 11.9 Å². The van der Waals surface area contributed by atoms with Crippen LogP contribution in [0.3, 0.4) is 0 Å². The van der Waals surface area contributed by atoms with Crippen LogP contribution in [0, 0.1) is 0 Å². The third-order valence-electron chi connectivity index (χ3n) is 6.40. The van der Waals surface area contributed by atoms with Crippen LogP contribution in [0.15, 0.2) is 97.2 Å². The molecule has 6 rings (SSSR count). The lowest BCUT2D eigenvalue weighted by Gasteiger charge is -2.07. The van der Waals surface area contributed by atoms with E-state index in [1.807, 2.05) is 113 Å². The Morgan fingerprint density at radius 2 is 1.59 bits per heavy atom. The zero-order valence-electron chi connectivity index (χ0n) is 20.3. The van der Waals surface area contributed by atoms with Gasteiger partial charge in [0, 0.05) is 25.2 Å². The molecule has 3 heterocycles. The molecule has 0 bridgehead atoms. The molecule has 182 valence electrons. The maximum absolute atomic E-state index is 12.7. The fraction of sp³-hybridized carbons (Fsp3) is 0.103. The molecule has 0 spiro atoms. The lowest BCUT2D eigenvalue weighted by molar-refractivity contribution is -0.120. The number of nitrogens with one attached hydrogen (secondary N) is 2. The normalized spacial score (nSPS) is 11.2. The molecule has 0 fully saturated rings. The number of rotatable bonds is 7. The number of nitrogens with zero attached hydrogens (tertiary/aromatic N) is 5. The van der Waals surface area contributed by atoms with Crippen molar-refractivity contribution in [1.82, 2.24) is 29.6 Å². The van der Waals surface area contributed by atoms with Crippen molar-refractivity contribution in [1.29, 1.82) is 0 Å². The van der Waals surface area contributed by atoms with Crippen LogP contribution in [-0.2, 0) is 24.8 Å². The Labute approximate surface area is 213 Å². The van der Waals surface area contributed by atoms with Gasteiger partial charge in [-0.05, 0) is 41.5 Å². The van der Waals surface area contributed by atoms with Crippen LogP contribution >= 0.6 is 0 Å². The number of benzene rings is 3. The van der Waals surface area contributed by atoms with E-state index >= 15 is 0 Å². The lowest BCUT2D eigenvalue weighted by Crippen LogP contribution is -2.24. The van der Waals surface area contributed by atoms with Crippen LogP contribution in [0.1, 0.15) is 11.1 Å². The highest BCUT2D eigenvalue weighted by Crippen LogP contribution is 2.25. The smallest absolute Gasteiger partial charge is 0.224 e. The standard InChI is InChI=1S/C29H25N7O/c1-35-25-14-8-6-12-23(25)31-29(35)32-26-15-16-27(34-33-26)36-19-21(22-11-5-7-13-24(22)36)17-28(37)30-18-20-9-3-2-4-10-20/h2-16,19H,17-18H2,1H3,(H,30,37)(H,31,32,33). The van der Waals surface area contributed by atoms with E-state index in [9.17, 15) is 4.79 Å². The Kier molecular flexibility index (Phi) is 5.82. The molecule has 1 amide bonds. The number of fused-ring (bicyclic) bond motifs is 2. The predicted octanol–water partition coefficient (Wildman–Crippen LogP) is 4.91. The van der Waals surface area contributed by atoms with Gasteiger partial charge >= 0.3 is 0 Å². The summed E-state index contributed by atoms with van der Waals surface area (Å²) in [4.78, 5) is 17.4. The molecule has 0 unspecified atom stereocenters. The summed E-state index contributed by atoms with van der Waals surface area (Å²) < 4.78 is 3.96. The summed E-state index contributed by atoms with van der Waals surface area (Å²) in [5.41, 5.74) is 4.93. The van der Waals surface area contributed by atoms with Crippen LogP contribution in [0.5, 0.6) is 0 Å². The summed E-state index contributed by atoms with van der Waals surface area (Å²) in [5.74, 6) is 1.93. The number of hydrogen-bond acceptors (Lipinski definition) is 5.